The Hall–Kier alpha value is -2.60. The van der Waals surface area contributed by atoms with Crippen LogP contribution in [0.2, 0.25) is 0 Å². The number of nitrogens with zero attached hydrogens (tertiary/aromatic N) is 1. The molecule has 2 aromatic heterocycles. The second-order valence-corrected chi connectivity index (χ2v) is 5.06. The molecule has 1 N–H and O–H groups in total. The number of thiazole rings is 1. The summed E-state index contributed by atoms with van der Waals surface area (Å²) in [7, 11) is 0. The Labute approximate surface area is 125 Å². The molecule has 21 heavy (non-hydrogen) atoms. The minimum atomic E-state index is -0.233. The normalized spacial score (nSPS) is 10.3. The van der Waals surface area contributed by atoms with Crippen LogP contribution in [0, 0.1) is 0 Å². The summed E-state index contributed by atoms with van der Waals surface area (Å²) in [5.41, 5.74) is 0.974. The molecule has 3 aromatic rings. The molecule has 0 saturated carbocycles. The van der Waals surface area contributed by atoms with Crippen LogP contribution < -0.4 is 10.1 Å². The maximum absolute atomic E-state index is 11.7. The van der Waals surface area contributed by atoms with Crippen LogP contribution >= 0.6 is 11.3 Å². The smallest absolute Gasteiger partial charge is 0.287 e. The third-order valence-corrected chi connectivity index (χ3v) is 3.38. The molecule has 1 aromatic carbocycles. The number of amides is 1. The Kier molecular flexibility index (Phi) is 3.97. The first-order chi connectivity index (χ1) is 10.3. The Morgan fingerprint density at radius 2 is 2.14 bits per heavy atom. The fraction of sp³-hybridized carbons (Fsp3) is 0.0667. The summed E-state index contributed by atoms with van der Waals surface area (Å²) >= 11 is 1.43. The Morgan fingerprint density at radius 3 is 2.81 bits per heavy atom. The summed E-state index contributed by atoms with van der Waals surface area (Å²) in [6.07, 6.45) is 3.16. The van der Waals surface area contributed by atoms with E-state index >= 15 is 0 Å². The van der Waals surface area contributed by atoms with E-state index in [1.807, 2.05) is 29.6 Å². The second kappa shape index (κ2) is 6.23. The van der Waals surface area contributed by atoms with Gasteiger partial charge in [-0.25, -0.2) is 4.98 Å². The van der Waals surface area contributed by atoms with Crippen LogP contribution in [0.5, 0.6) is 10.9 Å². The molecule has 0 radical (unpaired) electrons. The first-order valence-corrected chi connectivity index (χ1v) is 7.17. The Bertz CT molecular complexity index is 691. The fourth-order valence-electron chi connectivity index (χ4n) is 1.71. The number of furan rings is 1. The maximum Gasteiger partial charge on any atom is 0.287 e. The summed E-state index contributed by atoms with van der Waals surface area (Å²) in [5.74, 6) is 0.785. The van der Waals surface area contributed by atoms with E-state index in [1.54, 1.807) is 18.3 Å². The standard InChI is InChI=1S/C15H12N2O3S/c18-14(13-2-1-8-19-13)17-10-11-3-5-12(6-4-11)20-15-16-7-9-21-15/h1-9H,10H2,(H,17,18). The number of rotatable bonds is 5. The van der Waals surface area contributed by atoms with E-state index in [2.05, 4.69) is 10.3 Å². The van der Waals surface area contributed by atoms with Gasteiger partial charge in [0.15, 0.2) is 5.76 Å². The van der Waals surface area contributed by atoms with E-state index in [1.165, 1.54) is 17.6 Å². The van der Waals surface area contributed by atoms with Gasteiger partial charge in [-0.05, 0) is 29.8 Å². The van der Waals surface area contributed by atoms with Crippen molar-refractivity contribution in [3.05, 3.63) is 65.6 Å². The van der Waals surface area contributed by atoms with Crippen molar-refractivity contribution in [2.75, 3.05) is 0 Å². The molecule has 0 unspecified atom stereocenters. The highest BCUT2D eigenvalue weighted by atomic mass is 32.1. The zero-order valence-electron chi connectivity index (χ0n) is 11.0. The summed E-state index contributed by atoms with van der Waals surface area (Å²) < 4.78 is 10.6. The average molecular weight is 300 g/mol. The third kappa shape index (κ3) is 3.49. The van der Waals surface area contributed by atoms with Gasteiger partial charge in [0.1, 0.15) is 5.75 Å². The zero-order chi connectivity index (χ0) is 14.5. The Morgan fingerprint density at radius 1 is 1.29 bits per heavy atom. The predicted molar refractivity (Wildman–Crippen MR) is 78.5 cm³/mol. The molecule has 0 aliphatic heterocycles. The monoisotopic (exact) mass is 300 g/mol. The molecule has 0 aliphatic rings. The number of hydrogen-bond donors (Lipinski definition) is 1. The molecule has 0 fully saturated rings. The lowest BCUT2D eigenvalue weighted by Crippen LogP contribution is -2.22. The average Bonchev–Trinajstić information content (AvgIpc) is 3.19. The van der Waals surface area contributed by atoms with Gasteiger partial charge in [-0.2, -0.15) is 0 Å². The number of carbonyl (C=O) groups excluding carboxylic acids is 1. The van der Waals surface area contributed by atoms with Crippen LogP contribution in [0.3, 0.4) is 0 Å². The number of aromatic nitrogens is 1. The number of benzene rings is 1. The van der Waals surface area contributed by atoms with Crippen LogP contribution in [0.15, 0.2) is 58.7 Å². The lowest BCUT2D eigenvalue weighted by molar-refractivity contribution is 0.0923. The van der Waals surface area contributed by atoms with Crippen molar-refractivity contribution in [3.63, 3.8) is 0 Å². The van der Waals surface area contributed by atoms with Crippen LogP contribution in [-0.4, -0.2) is 10.9 Å². The summed E-state index contributed by atoms with van der Waals surface area (Å²) in [5, 5.41) is 5.24. The summed E-state index contributed by atoms with van der Waals surface area (Å²) in [6.45, 7) is 0.428. The van der Waals surface area contributed by atoms with Crippen LogP contribution in [-0.2, 0) is 6.54 Å². The molecule has 6 heteroatoms. The van der Waals surface area contributed by atoms with Gasteiger partial charge in [-0.3, -0.25) is 4.79 Å². The van der Waals surface area contributed by atoms with Crippen LogP contribution in [0.1, 0.15) is 16.1 Å². The first kappa shape index (κ1) is 13.4. The number of ether oxygens (including phenoxy) is 1. The molecule has 0 spiro atoms. The minimum absolute atomic E-state index is 0.233. The lowest BCUT2D eigenvalue weighted by atomic mass is 10.2. The van der Waals surface area contributed by atoms with Gasteiger partial charge in [-0.1, -0.05) is 23.5 Å². The number of hydrogen-bond acceptors (Lipinski definition) is 5. The number of nitrogens with one attached hydrogen (secondary N) is 1. The molecule has 0 aliphatic carbocycles. The van der Waals surface area contributed by atoms with Crippen molar-refractivity contribution >= 4 is 17.2 Å². The highest BCUT2D eigenvalue weighted by molar-refractivity contribution is 7.11. The first-order valence-electron chi connectivity index (χ1n) is 6.29. The van der Waals surface area contributed by atoms with Crippen molar-refractivity contribution in [2.24, 2.45) is 0 Å². The van der Waals surface area contributed by atoms with Gasteiger partial charge < -0.3 is 14.5 Å². The van der Waals surface area contributed by atoms with Crippen molar-refractivity contribution in [3.8, 4) is 10.9 Å². The van der Waals surface area contributed by atoms with E-state index in [9.17, 15) is 4.79 Å². The van der Waals surface area contributed by atoms with Gasteiger partial charge in [0.2, 0.25) is 0 Å². The van der Waals surface area contributed by atoms with Gasteiger partial charge >= 0.3 is 0 Å². The van der Waals surface area contributed by atoms with Crippen molar-refractivity contribution in [1.29, 1.82) is 0 Å². The second-order valence-electron chi connectivity index (χ2n) is 4.20. The van der Waals surface area contributed by atoms with Crippen molar-refractivity contribution in [1.82, 2.24) is 10.3 Å². The third-order valence-electron chi connectivity index (χ3n) is 2.74. The van der Waals surface area contributed by atoms with Crippen LogP contribution in [0.4, 0.5) is 0 Å². The highest BCUT2D eigenvalue weighted by Crippen LogP contribution is 2.23. The van der Waals surface area contributed by atoms with E-state index in [0.717, 1.165) is 5.56 Å². The molecule has 2 heterocycles. The van der Waals surface area contributed by atoms with Gasteiger partial charge in [0.25, 0.3) is 11.1 Å². The highest BCUT2D eigenvalue weighted by Gasteiger charge is 2.07. The van der Waals surface area contributed by atoms with Gasteiger partial charge in [0, 0.05) is 18.1 Å². The van der Waals surface area contributed by atoms with Gasteiger partial charge in [-0.15, -0.1) is 0 Å². The van der Waals surface area contributed by atoms with E-state index in [-0.39, 0.29) is 5.91 Å². The maximum atomic E-state index is 11.7. The molecule has 0 bridgehead atoms. The predicted octanol–water partition coefficient (Wildman–Crippen LogP) is 3.46. The lowest BCUT2D eigenvalue weighted by Gasteiger charge is -2.05. The molecule has 3 rings (SSSR count). The van der Waals surface area contributed by atoms with Crippen molar-refractivity contribution in [2.45, 2.75) is 6.54 Å². The molecular weight excluding hydrogens is 288 g/mol. The Balaban J connectivity index is 1.56. The van der Waals surface area contributed by atoms with E-state index < -0.39 is 0 Å². The molecule has 0 saturated heterocycles. The molecule has 5 nitrogen and oxygen atoms in total. The summed E-state index contributed by atoms with van der Waals surface area (Å²) in [6, 6.07) is 10.8. The summed E-state index contributed by atoms with van der Waals surface area (Å²) in [4.78, 5) is 15.8. The molecule has 0 atom stereocenters. The minimum Gasteiger partial charge on any atom is -0.459 e. The topological polar surface area (TPSA) is 64.4 Å². The SMILES string of the molecule is O=C(NCc1ccc(Oc2nccs2)cc1)c1ccco1. The zero-order valence-corrected chi connectivity index (χ0v) is 11.8. The van der Waals surface area contributed by atoms with E-state index in [0.29, 0.717) is 23.2 Å². The quantitative estimate of drug-likeness (QED) is 0.783. The molecule has 106 valence electrons. The van der Waals surface area contributed by atoms with Crippen LogP contribution in [0.25, 0.3) is 0 Å². The molecular formula is C15H12N2O3S. The van der Waals surface area contributed by atoms with Crippen molar-refractivity contribution < 1.29 is 13.9 Å². The van der Waals surface area contributed by atoms with E-state index in [4.69, 9.17) is 9.15 Å². The fourth-order valence-corrected chi connectivity index (χ4v) is 2.22. The van der Waals surface area contributed by atoms with Gasteiger partial charge in [0.05, 0.1) is 6.26 Å². The largest absolute Gasteiger partial charge is 0.459 e. The molecule has 1 amide bonds. The number of carbonyl (C=O) groups is 1.